The lowest BCUT2D eigenvalue weighted by atomic mass is 9.99. The summed E-state index contributed by atoms with van der Waals surface area (Å²) in [5, 5.41) is 3.39. The van der Waals surface area contributed by atoms with E-state index in [9.17, 15) is 8.42 Å². The second kappa shape index (κ2) is 10.4. The highest BCUT2D eigenvalue weighted by atomic mass is 32.2. The van der Waals surface area contributed by atoms with Gasteiger partial charge in [-0.25, -0.2) is 13.4 Å². The van der Waals surface area contributed by atoms with Crippen LogP contribution < -0.4 is 5.32 Å². The number of hydrogen-bond donors (Lipinski definition) is 1. The molecule has 1 N–H and O–H groups in total. The maximum Gasteiger partial charge on any atom is 0.218 e. The summed E-state index contributed by atoms with van der Waals surface area (Å²) in [5.74, 6) is 1.70. The van der Waals surface area contributed by atoms with Gasteiger partial charge in [0.05, 0.1) is 25.5 Å². The molecule has 0 amide bonds. The molecule has 1 aromatic rings. The van der Waals surface area contributed by atoms with Crippen LogP contribution in [0.25, 0.3) is 0 Å². The number of benzene rings is 1. The Morgan fingerprint density at radius 2 is 1.79 bits per heavy atom. The number of hydrogen-bond acceptors (Lipinski definition) is 4. The minimum atomic E-state index is -3.36. The number of ether oxygens (including phenoxy) is 1. The van der Waals surface area contributed by atoms with Crippen LogP contribution in [0.4, 0.5) is 0 Å². The number of nitrogens with zero attached hydrogens (tertiary/aromatic N) is 3. The van der Waals surface area contributed by atoms with Crippen molar-refractivity contribution < 1.29 is 13.2 Å². The Hall–Kier alpha value is -1.64. The van der Waals surface area contributed by atoms with Gasteiger partial charge in [0.1, 0.15) is 0 Å². The van der Waals surface area contributed by atoms with E-state index in [1.165, 1.54) is 17.1 Å². The number of likely N-dealkylation sites (tertiary alicyclic amines) is 1. The summed E-state index contributed by atoms with van der Waals surface area (Å²) in [7, 11) is -3.36. The first-order chi connectivity index (χ1) is 14.0. The van der Waals surface area contributed by atoms with Crippen LogP contribution in [-0.2, 0) is 27.1 Å². The fourth-order valence-electron chi connectivity index (χ4n) is 3.77. The molecule has 2 aliphatic rings. The molecule has 0 aromatic heterocycles. The van der Waals surface area contributed by atoms with Crippen LogP contribution in [0.2, 0.25) is 0 Å². The zero-order chi connectivity index (χ0) is 20.7. The van der Waals surface area contributed by atoms with Crippen LogP contribution in [-0.4, -0.2) is 69.5 Å². The van der Waals surface area contributed by atoms with E-state index >= 15 is 0 Å². The van der Waals surface area contributed by atoms with Crippen LogP contribution in [0.5, 0.6) is 0 Å². The van der Waals surface area contributed by atoms with Gasteiger partial charge >= 0.3 is 0 Å². The summed E-state index contributed by atoms with van der Waals surface area (Å²) in [6, 6.07) is 7.73. The molecule has 0 saturated carbocycles. The topological polar surface area (TPSA) is 74.2 Å². The number of piperidine rings is 1. The van der Waals surface area contributed by atoms with Gasteiger partial charge in [0.25, 0.3) is 0 Å². The van der Waals surface area contributed by atoms with Crippen molar-refractivity contribution in [2.24, 2.45) is 10.9 Å². The van der Waals surface area contributed by atoms with E-state index in [0.29, 0.717) is 32.8 Å². The van der Waals surface area contributed by atoms with E-state index in [1.807, 2.05) is 24.3 Å². The molecule has 162 valence electrons. The second-order valence-electron chi connectivity index (χ2n) is 7.88. The monoisotopic (exact) mass is 422 g/mol. The van der Waals surface area contributed by atoms with E-state index in [2.05, 4.69) is 24.1 Å². The number of aliphatic imine (C=N–C) groups is 1. The first kappa shape index (κ1) is 22.1. The Kier molecular flexibility index (Phi) is 7.91. The molecule has 2 saturated heterocycles. The third kappa shape index (κ3) is 6.17. The van der Waals surface area contributed by atoms with Gasteiger partial charge in [0, 0.05) is 32.7 Å². The van der Waals surface area contributed by atoms with Gasteiger partial charge in [-0.2, -0.15) is 4.31 Å². The van der Waals surface area contributed by atoms with E-state index in [0.717, 1.165) is 42.6 Å². The Morgan fingerprint density at radius 3 is 2.45 bits per heavy atom. The minimum absolute atomic E-state index is 0.0104. The standard InChI is InChI=1S/C21H34N4O3S/c1-3-22-21(24-10-8-18(2)9-11-24)23-16-19-6-4-5-7-20(19)17-29(26,27)25-12-14-28-15-13-25/h4-7,18H,3,8-17H2,1-2H3,(H,22,23). The summed E-state index contributed by atoms with van der Waals surface area (Å²) < 4.78 is 32.5. The van der Waals surface area contributed by atoms with Crippen molar-refractivity contribution >= 4 is 16.0 Å². The molecule has 7 nitrogen and oxygen atoms in total. The second-order valence-corrected chi connectivity index (χ2v) is 9.84. The fraction of sp³-hybridized carbons (Fsp3) is 0.667. The van der Waals surface area contributed by atoms with E-state index in [4.69, 9.17) is 9.73 Å². The lowest BCUT2D eigenvalue weighted by Gasteiger charge is -2.33. The molecule has 8 heteroatoms. The number of guanidine groups is 1. The molecular formula is C21H34N4O3S. The summed E-state index contributed by atoms with van der Waals surface area (Å²) in [4.78, 5) is 7.15. The highest BCUT2D eigenvalue weighted by Gasteiger charge is 2.25. The maximum atomic E-state index is 12.8. The van der Waals surface area contributed by atoms with Gasteiger partial charge in [0.15, 0.2) is 5.96 Å². The molecule has 0 aliphatic carbocycles. The van der Waals surface area contributed by atoms with Crippen LogP contribution in [0, 0.1) is 5.92 Å². The Labute approximate surface area is 175 Å². The van der Waals surface area contributed by atoms with Crippen LogP contribution in [0.3, 0.4) is 0 Å². The number of nitrogens with one attached hydrogen (secondary N) is 1. The van der Waals surface area contributed by atoms with Gasteiger partial charge in [-0.15, -0.1) is 0 Å². The van der Waals surface area contributed by atoms with Gasteiger partial charge in [-0.3, -0.25) is 0 Å². The van der Waals surface area contributed by atoms with Crippen molar-refractivity contribution in [1.82, 2.24) is 14.5 Å². The molecule has 1 aromatic carbocycles. The largest absolute Gasteiger partial charge is 0.379 e. The molecule has 0 atom stereocenters. The third-order valence-electron chi connectivity index (χ3n) is 5.64. The normalized spacial score (nSPS) is 20.1. The molecule has 3 rings (SSSR count). The van der Waals surface area contributed by atoms with Gasteiger partial charge in [0.2, 0.25) is 10.0 Å². The van der Waals surface area contributed by atoms with Crippen molar-refractivity contribution in [3.05, 3.63) is 35.4 Å². The Balaban J connectivity index is 1.72. The lowest BCUT2D eigenvalue weighted by molar-refractivity contribution is 0.0729. The highest BCUT2D eigenvalue weighted by molar-refractivity contribution is 7.88. The van der Waals surface area contributed by atoms with Crippen molar-refractivity contribution in [2.75, 3.05) is 45.9 Å². The molecule has 0 bridgehead atoms. The first-order valence-corrected chi connectivity index (χ1v) is 12.3. The van der Waals surface area contributed by atoms with Crippen LogP contribution in [0.1, 0.15) is 37.8 Å². The van der Waals surface area contributed by atoms with Crippen molar-refractivity contribution in [1.29, 1.82) is 0 Å². The Bertz CT molecular complexity index is 783. The SMILES string of the molecule is CCNC(=NCc1ccccc1CS(=O)(=O)N1CCOCC1)N1CCC(C)CC1. The smallest absolute Gasteiger partial charge is 0.218 e. The third-order valence-corrected chi connectivity index (χ3v) is 7.46. The van der Waals surface area contributed by atoms with Gasteiger partial charge in [-0.1, -0.05) is 31.2 Å². The molecule has 0 radical (unpaired) electrons. The maximum absolute atomic E-state index is 12.8. The predicted octanol–water partition coefficient (Wildman–Crippen LogP) is 2.05. The summed E-state index contributed by atoms with van der Waals surface area (Å²) in [6.45, 7) is 9.48. The molecule has 2 heterocycles. The van der Waals surface area contributed by atoms with Crippen molar-refractivity contribution in [3.63, 3.8) is 0 Å². The first-order valence-electron chi connectivity index (χ1n) is 10.6. The molecule has 0 unspecified atom stereocenters. The van der Waals surface area contributed by atoms with Crippen LogP contribution >= 0.6 is 0 Å². The summed E-state index contributed by atoms with van der Waals surface area (Å²) in [5.41, 5.74) is 1.79. The Morgan fingerprint density at radius 1 is 1.14 bits per heavy atom. The number of morpholine rings is 1. The molecule has 29 heavy (non-hydrogen) atoms. The predicted molar refractivity (Wildman–Crippen MR) is 116 cm³/mol. The molecule has 0 spiro atoms. The zero-order valence-corrected chi connectivity index (χ0v) is 18.5. The quantitative estimate of drug-likeness (QED) is 0.561. The number of sulfonamides is 1. The van der Waals surface area contributed by atoms with Crippen LogP contribution in [0.15, 0.2) is 29.3 Å². The average Bonchev–Trinajstić information content (AvgIpc) is 2.73. The van der Waals surface area contributed by atoms with Gasteiger partial charge < -0.3 is 15.0 Å². The van der Waals surface area contributed by atoms with Crippen molar-refractivity contribution in [2.45, 2.75) is 39.0 Å². The zero-order valence-electron chi connectivity index (χ0n) is 17.6. The minimum Gasteiger partial charge on any atom is -0.379 e. The van der Waals surface area contributed by atoms with Crippen molar-refractivity contribution in [3.8, 4) is 0 Å². The highest BCUT2D eigenvalue weighted by Crippen LogP contribution is 2.19. The average molecular weight is 423 g/mol. The molecule has 2 aliphatic heterocycles. The summed E-state index contributed by atoms with van der Waals surface area (Å²) in [6.07, 6.45) is 2.36. The molecule has 2 fully saturated rings. The van der Waals surface area contributed by atoms with E-state index in [1.54, 1.807) is 0 Å². The lowest BCUT2D eigenvalue weighted by Crippen LogP contribution is -2.45. The summed E-state index contributed by atoms with van der Waals surface area (Å²) >= 11 is 0. The van der Waals surface area contributed by atoms with Gasteiger partial charge in [-0.05, 0) is 36.8 Å². The van der Waals surface area contributed by atoms with E-state index < -0.39 is 10.0 Å². The fourth-order valence-corrected chi connectivity index (χ4v) is 5.33. The molecular weight excluding hydrogens is 388 g/mol. The number of rotatable bonds is 6. The van der Waals surface area contributed by atoms with E-state index in [-0.39, 0.29) is 5.75 Å².